The van der Waals surface area contributed by atoms with Gasteiger partial charge in [-0.2, -0.15) is 0 Å². The molecule has 6 heteroatoms. The van der Waals surface area contributed by atoms with E-state index in [4.69, 9.17) is 9.15 Å². The van der Waals surface area contributed by atoms with Gasteiger partial charge in [0.1, 0.15) is 5.75 Å². The topological polar surface area (TPSA) is 67.6 Å². The van der Waals surface area contributed by atoms with Gasteiger partial charge in [0, 0.05) is 18.2 Å². The van der Waals surface area contributed by atoms with Gasteiger partial charge in [0.05, 0.1) is 12.8 Å². The second-order valence-electron chi connectivity index (χ2n) is 6.32. The van der Waals surface area contributed by atoms with Crippen molar-refractivity contribution in [2.45, 2.75) is 25.2 Å². The minimum Gasteiger partial charge on any atom is -0.494 e. The molecule has 1 aliphatic carbocycles. The molecule has 0 bridgehead atoms. The number of benzene rings is 1. The zero-order valence-electron chi connectivity index (χ0n) is 14.1. The maximum Gasteiger partial charge on any atom is 0.293 e. The van der Waals surface area contributed by atoms with E-state index in [0.29, 0.717) is 24.1 Å². The summed E-state index contributed by atoms with van der Waals surface area (Å²) in [5.74, 6) is 1.83. The second-order valence-corrected chi connectivity index (χ2v) is 6.32. The number of amides is 1. The molecule has 1 saturated carbocycles. The number of rotatable bonds is 8. The number of hydrogen-bond acceptors (Lipinski definition) is 5. The lowest BCUT2D eigenvalue weighted by Crippen LogP contribution is -2.15. The second kappa shape index (κ2) is 7.49. The summed E-state index contributed by atoms with van der Waals surface area (Å²) in [6.07, 6.45) is 4.65. The van der Waals surface area contributed by atoms with Crippen molar-refractivity contribution in [2.75, 3.05) is 32.6 Å². The van der Waals surface area contributed by atoms with Crippen LogP contribution in [0.1, 0.15) is 41.6 Å². The van der Waals surface area contributed by atoms with Crippen molar-refractivity contribution in [3.05, 3.63) is 42.1 Å². The van der Waals surface area contributed by atoms with Crippen molar-refractivity contribution in [1.29, 1.82) is 0 Å². The average Bonchev–Trinajstić information content (AvgIpc) is 3.30. The first-order valence-corrected chi connectivity index (χ1v) is 8.26. The monoisotopic (exact) mass is 329 g/mol. The third-order valence-electron chi connectivity index (χ3n) is 3.80. The smallest absolute Gasteiger partial charge is 0.293 e. The van der Waals surface area contributed by atoms with E-state index in [9.17, 15) is 4.79 Å². The largest absolute Gasteiger partial charge is 0.494 e. The Bertz CT molecular complexity index is 675. The quantitative estimate of drug-likeness (QED) is 0.754. The number of hydrogen-bond donors (Lipinski definition) is 1. The van der Waals surface area contributed by atoms with E-state index in [2.05, 4.69) is 15.2 Å². The van der Waals surface area contributed by atoms with Crippen molar-refractivity contribution in [3.8, 4) is 5.75 Å². The van der Waals surface area contributed by atoms with Gasteiger partial charge < -0.3 is 19.4 Å². The van der Waals surface area contributed by atoms with Gasteiger partial charge in [0.15, 0.2) is 5.89 Å². The van der Waals surface area contributed by atoms with Gasteiger partial charge in [-0.05, 0) is 57.6 Å². The first kappa shape index (κ1) is 16.5. The maximum atomic E-state index is 12.1. The number of nitrogens with one attached hydrogen (secondary N) is 1. The van der Waals surface area contributed by atoms with Gasteiger partial charge in [-0.15, -0.1) is 0 Å². The molecule has 0 unspecified atom stereocenters. The van der Waals surface area contributed by atoms with Crippen LogP contribution >= 0.6 is 0 Å². The van der Waals surface area contributed by atoms with Gasteiger partial charge in [-0.3, -0.25) is 4.79 Å². The van der Waals surface area contributed by atoms with Gasteiger partial charge in [0.2, 0.25) is 5.76 Å². The van der Waals surface area contributed by atoms with Crippen LogP contribution in [-0.4, -0.2) is 43.0 Å². The molecule has 24 heavy (non-hydrogen) atoms. The Morgan fingerprint density at radius 1 is 1.33 bits per heavy atom. The van der Waals surface area contributed by atoms with Crippen LogP contribution < -0.4 is 10.1 Å². The zero-order chi connectivity index (χ0) is 16.9. The summed E-state index contributed by atoms with van der Waals surface area (Å²) in [5.41, 5.74) is 0.699. The molecule has 128 valence electrons. The lowest BCUT2D eigenvalue weighted by Gasteiger charge is -2.10. The van der Waals surface area contributed by atoms with Crippen LogP contribution in [0.15, 0.2) is 34.9 Å². The van der Waals surface area contributed by atoms with Crippen LogP contribution in [0.2, 0.25) is 0 Å². The van der Waals surface area contributed by atoms with Crippen LogP contribution in [0.4, 0.5) is 5.69 Å². The van der Waals surface area contributed by atoms with Crippen LogP contribution in [0, 0.1) is 0 Å². The van der Waals surface area contributed by atoms with Crippen LogP contribution in [0.25, 0.3) is 0 Å². The predicted molar refractivity (Wildman–Crippen MR) is 91.5 cm³/mol. The van der Waals surface area contributed by atoms with Crippen LogP contribution in [0.3, 0.4) is 0 Å². The fourth-order valence-corrected chi connectivity index (χ4v) is 2.31. The molecule has 1 aliphatic rings. The molecule has 0 atom stereocenters. The van der Waals surface area contributed by atoms with Gasteiger partial charge in [-0.25, -0.2) is 4.98 Å². The van der Waals surface area contributed by atoms with E-state index < -0.39 is 0 Å². The predicted octanol–water partition coefficient (Wildman–Crippen LogP) is 3.13. The molecular weight excluding hydrogens is 306 g/mol. The minimum absolute atomic E-state index is 0.251. The zero-order valence-corrected chi connectivity index (χ0v) is 14.1. The molecule has 3 rings (SSSR count). The Morgan fingerprint density at radius 3 is 2.75 bits per heavy atom. The van der Waals surface area contributed by atoms with Gasteiger partial charge in [0.25, 0.3) is 5.91 Å². The normalized spacial score (nSPS) is 14.0. The summed E-state index contributed by atoms with van der Waals surface area (Å²) >= 11 is 0. The van der Waals surface area contributed by atoms with E-state index in [1.165, 1.54) is 6.20 Å². The lowest BCUT2D eigenvalue weighted by molar-refractivity contribution is 0.0995. The van der Waals surface area contributed by atoms with Crippen molar-refractivity contribution in [1.82, 2.24) is 9.88 Å². The first-order valence-electron chi connectivity index (χ1n) is 8.26. The molecule has 1 heterocycles. The highest BCUT2D eigenvalue weighted by molar-refractivity contribution is 6.02. The molecule has 0 saturated heterocycles. The van der Waals surface area contributed by atoms with Gasteiger partial charge in [-0.1, -0.05) is 0 Å². The van der Waals surface area contributed by atoms with E-state index >= 15 is 0 Å². The summed E-state index contributed by atoms with van der Waals surface area (Å²) in [5, 5.41) is 2.81. The lowest BCUT2D eigenvalue weighted by atomic mass is 10.3. The highest BCUT2D eigenvalue weighted by atomic mass is 16.5. The molecule has 1 aromatic heterocycles. The highest BCUT2D eigenvalue weighted by Crippen LogP contribution is 2.39. The Kier molecular flexibility index (Phi) is 5.15. The molecule has 0 radical (unpaired) electrons. The minimum atomic E-state index is -0.283. The molecule has 6 nitrogen and oxygen atoms in total. The number of nitrogens with zero attached hydrogens (tertiary/aromatic N) is 2. The van der Waals surface area contributed by atoms with Crippen molar-refractivity contribution in [2.24, 2.45) is 0 Å². The Balaban J connectivity index is 1.48. The number of ether oxygens (including phenoxy) is 1. The standard InChI is InChI=1S/C18H23N3O3/c1-21(2)10-3-11-23-15-8-6-14(7-9-15)20-17(22)16-12-19-18(24-16)13-4-5-13/h6-9,12-13H,3-5,10-11H2,1-2H3,(H,20,22). The molecule has 0 aliphatic heterocycles. The number of carbonyl (C=O) groups is 1. The maximum absolute atomic E-state index is 12.1. The first-order chi connectivity index (χ1) is 11.6. The van der Waals surface area contributed by atoms with Crippen LogP contribution in [0.5, 0.6) is 5.75 Å². The number of oxazole rings is 1. The molecule has 1 aromatic carbocycles. The molecular formula is C18H23N3O3. The summed E-state index contributed by atoms with van der Waals surface area (Å²) in [6.45, 7) is 1.67. The van der Waals surface area contributed by atoms with Crippen molar-refractivity contribution >= 4 is 11.6 Å². The fraction of sp³-hybridized carbons (Fsp3) is 0.444. The summed E-state index contributed by atoms with van der Waals surface area (Å²) in [4.78, 5) is 18.4. The molecule has 1 N–H and O–H groups in total. The fourth-order valence-electron chi connectivity index (χ4n) is 2.31. The Morgan fingerprint density at radius 2 is 2.08 bits per heavy atom. The SMILES string of the molecule is CN(C)CCCOc1ccc(NC(=O)c2cnc(C3CC3)o2)cc1. The van der Waals surface area contributed by atoms with Gasteiger partial charge >= 0.3 is 0 Å². The number of carbonyl (C=O) groups excluding carboxylic acids is 1. The summed E-state index contributed by atoms with van der Waals surface area (Å²) < 4.78 is 11.2. The summed E-state index contributed by atoms with van der Waals surface area (Å²) in [7, 11) is 4.08. The van der Waals surface area contributed by atoms with E-state index in [1.807, 2.05) is 38.4 Å². The highest BCUT2D eigenvalue weighted by Gasteiger charge is 2.29. The molecule has 0 spiro atoms. The molecule has 1 fully saturated rings. The third-order valence-corrected chi connectivity index (χ3v) is 3.80. The van der Waals surface area contributed by atoms with E-state index in [1.54, 1.807) is 0 Å². The number of aromatic nitrogens is 1. The third kappa shape index (κ3) is 4.58. The summed E-state index contributed by atoms with van der Waals surface area (Å²) in [6, 6.07) is 7.33. The van der Waals surface area contributed by atoms with E-state index in [-0.39, 0.29) is 11.7 Å². The molecule has 1 amide bonds. The number of anilines is 1. The average molecular weight is 329 g/mol. The van der Waals surface area contributed by atoms with Crippen molar-refractivity contribution in [3.63, 3.8) is 0 Å². The van der Waals surface area contributed by atoms with E-state index in [0.717, 1.165) is 31.6 Å². The molecule has 2 aromatic rings. The van der Waals surface area contributed by atoms with Crippen molar-refractivity contribution < 1.29 is 13.9 Å². The van der Waals surface area contributed by atoms with Crippen LogP contribution in [-0.2, 0) is 0 Å². The Labute approximate surface area is 141 Å². The Hall–Kier alpha value is -2.34.